The molecule has 3 nitrogen and oxygen atoms in total. The Labute approximate surface area is 104 Å². The van der Waals surface area contributed by atoms with Crippen LogP contribution in [0.1, 0.15) is 44.4 Å². The summed E-state index contributed by atoms with van der Waals surface area (Å²) < 4.78 is 5.57. The van der Waals surface area contributed by atoms with E-state index in [1.54, 1.807) is 0 Å². The Morgan fingerprint density at radius 1 is 1.29 bits per heavy atom. The van der Waals surface area contributed by atoms with E-state index in [2.05, 4.69) is 30.1 Å². The number of hydrogen-bond donors (Lipinski definition) is 1. The van der Waals surface area contributed by atoms with Crippen molar-refractivity contribution in [3.05, 3.63) is 23.7 Å². The zero-order valence-corrected chi connectivity index (χ0v) is 11.0. The van der Waals surface area contributed by atoms with Crippen molar-refractivity contribution in [2.24, 2.45) is 0 Å². The van der Waals surface area contributed by atoms with Gasteiger partial charge in [0.05, 0.1) is 12.8 Å². The van der Waals surface area contributed by atoms with Crippen LogP contribution in [-0.2, 0) is 13.1 Å². The largest absolute Gasteiger partial charge is 0.468 e. The van der Waals surface area contributed by atoms with Crippen LogP contribution in [0.3, 0.4) is 0 Å². The van der Waals surface area contributed by atoms with Crippen molar-refractivity contribution in [1.29, 1.82) is 0 Å². The van der Waals surface area contributed by atoms with Crippen LogP contribution in [0.15, 0.2) is 16.7 Å². The van der Waals surface area contributed by atoms with E-state index in [9.17, 15) is 0 Å². The summed E-state index contributed by atoms with van der Waals surface area (Å²) in [6.45, 7) is 8.68. The number of likely N-dealkylation sites (tertiary alicyclic amines) is 1. The number of nitrogens with one attached hydrogen (secondary N) is 1. The first-order valence-electron chi connectivity index (χ1n) is 6.76. The van der Waals surface area contributed by atoms with E-state index in [0.717, 1.165) is 18.8 Å². The highest BCUT2D eigenvalue weighted by molar-refractivity contribution is 5.17. The van der Waals surface area contributed by atoms with Crippen LogP contribution >= 0.6 is 0 Å². The van der Waals surface area contributed by atoms with Gasteiger partial charge in [0.15, 0.2) is 0 Å². The molecule has 3 heteroatoms. The van der Waals surface area contributed by atoms with Crippen LogP contribution in [0.25, 0.3) is 0 Å². The zero-order chi connectivity index (χ0) is 12.1. The fourth-order valence-electron chi connectivity index (χ4n) is 2.32. The van der Waals surface area contributed by atoms with Gasteiger partial charge in [0.25, 0.3) is 0 Å². The molecule has 1 fully saturated rings. The van der Waals surface area contributed by atoms with E-state index in [1.807, 2.05) is 6.26 Å². The number of hydrogen-bond acceptors (Lipinski definition) is 3. The lowest BCUT2D eigenvalue weighted by molar-refractivity contribution is 0.219. The Bertz CT molecular complexity index is 327. The smallest absolute Gasteiger partial charge is 0.122 e. The maximum Gasteiger partial charge on any atom is 0.122 e. The van der Waals surface area contributed by atoms with Crippen molar-refractivity contribution in [2.45, 2.75) is 52.2 Å². The average molecular weight is 236 g/mol. The summed E-state index contributed by atoms with van der Waals surface area (Å²) in [6.07, 6.45) is 5.90. The van der Waals surface area contributed by atoms with E-state index in [0.29, 0.717) is 6.04 Å². The Hall–Kier alpha value is -0.800. The predicted octanol–water partition coefficient (Wildman–Crippen LogP) is 2.76. The minimum atomic E-state index is 0.503. The second-order valence-corrected chi connectivity index (χ2v) is 5.24. The molecule has 0 atom stereocenters. The summed E-state index contributed by atoms with van der Waals surface area (Å²) in [4.78, 5) is 2.53. The predicted molar refractivity (Wildman–Crippen MR) is 69.8 cm³/mol. The molecule has 0 aliphatic carbocycles. The van der Waals surface area contributed by atoms with Gasteiger partial charge in [0.2, 0.25) is 0 Å². The summed E-state index contributed by atoms with van der Waals surface area (Å²) in [5.41, 5.74) is 1.35. The lowest BCUT2D eigenvalue weighted by Crippen LogP contribution is -2.29. The molecule has 1 saturated heterocycles. The van der Waals surface area contributed by atoms with Gasteiger partial charge < -0.3 is 9.73 Å². The third-order valence-corrected chi connectivity index (χ3v) is 3.35. The minimum Gasteiger partial charge on any atom is -0.468 e. The topological polar surface area (TPSA) is 28.4 Å². The molecule has 1 aliphatic heterocycles. The molecule has 0 amide bonds. The van der Waals surface area contributed by atoms with Crippen molar-refractivity contribution in [2.75, 3.05) is 13.1 Å². The molecule has 0 bridgehead atoms. The highest BCUT2D eigenvalue weighted by Gasteiger charge is 2.14. The monoisotopic (exact) mass is 236 g/mol. The maximum absolute atomic E-state index is 5.57. The summed E-state index contributed by atoms with van der Waals surface area (Å²) >= 11 is 0. The first-order valence-corrected chi connectivity index (χ1v) is 6.76. The van der Waals surface area contributed by atoms with Crippen molar-refractivity contribution in [1.82, 2.24) is 10.2 Å². The number of nitrogens with zero attached hydrogens (tertiary/aromatic N) is 1. The van der Waals surface area contributed by atoms with Gasteiger partial charge in [-0.05, 0) is 32.0 Å². The molecule has 17 heavy (non-hydrogen) atoms. The maximum atomic E-state index is 5.57. The summed E-state index contributed by atoms with van der Waals surface area (Å²) in [5.74, 6) is 1.10. The zero-order valence-electron chi connectivity index (χ0n) is 11.0. The molecule has 0 unspecified atom stereocenters. The van der Waals surface area contributed by atoms with Crippen LogP contribution in [0.5, 0.6) is 0 Å². The molecule has 2 heterocycles. The molecule has 96 valence electrons. The molecule has 1 aromatic rings. The normalized spacial score (nSPS) is 17.8. The SMILES string of the molecule is CC(C)NCc1occc1CN1CCCCC1. The molecule has 2 rings (SSSR count). The standard InChI is InChI=1S/C14H24N2O/c1-12(2)15-10-14-13(6-9-17-14)11-16-7-4-3-5-8-16/h6,9,12,15H,3-5,7-8,10-11H2,1-2H3. The van der Waals surface area contributed by atoms with Crippen LogP contribution in [0, 0.1) is 0 Å². The Balaban J connectivity index is 1.88. The van der Waals surface area contributed by atoms with Gasteiger partial charge in [-0.15, -0.1) is 0 Å². The fraction of sp³-hybridized carbons (Fsp3) is 0.714. The first-order chi connectivity index (χ1) is 8.25. The van der Waals surface area contributed by atoms with Gasteiger partial charge in [-0.2, -0.15) is 0 Å². The van der Waals surface area contributed by atoms with Crippen LogP contribution in [0.4, 0.5) is 0 Å². The van der Waals surface area contributed by atoms with Gasteiger partial charge in [-0.1, -0.05) is 20.3 Å². The molecule has 0 saturated carbocycles. The summed E-state index contributed by atoms with van der Waals surface area (Å²) in [7, 11) is 0. The molecule has 0 aromatic carbocycles. The van der Waals surface area contributed by atoms with Crippen molar-refractivity contribution >= 4 is 0 Å². The number of rotatable bonds is 5. The Kier molecular flexibility index (Phi) is 4.63. The first kappa shape index (κ1) is 12.7. The van der Waals surface area contributed by atoms with E-state index in [1.165, 1.54) is 37.9 Å². The summed E-state index contributed by atoms with van der Waals surface area (Å²) in [5, 5.41) is 3.41. The van der Waals surface area contributed by atoms with Crippen LogP contribution in [-0.4, -0.2) is 24.0 Å². The molecular weight excluding hydrogens is 212 g/mol. The van der Waals surface area contributed by atoms with Gasteiger partial charge in [0.1, 0.15) is 5.76 Å². The van der Waals surface area contributed by atoms with E-state index >= 15 is 0 Å². The highest BCUT2D eigenvalue weighted by atomic mass is 16.3. The molecule has 0 spiro atoms. The third kappa shape index (κ3) is 3.86. The van der Waals surface area contributed by atoms with E-state index < -0.39 is 0 Å². The van der Waals surface area contributed by atoms with Gasteiger partial charge in [-0.3, -0.25) is 4.90 Å². The van der Waals surface area contributed by atoms with Crippen molar-refractivity contribution < 1.29 is 4.42 Å². The van der Waals surface area contributed by atoms with Crippen LogP contribution in [0.2, 0.25) is 0 Å². The Morgan fingerprint density at radius 3 is 2.76 bits per heavy atom. The second kappa shape index (κ2) is 6.22. The lowest BCUT2D eigenvalue weighted by Gasteiger charge is -2.26. The van der Waals surface area contributed by atoms with Crippen molar-refractivity contribution in [3.8, 4) is 0 Å². The molecular formula is C14H24N2O. The highest BCUT2D eigenvalue weighted by Crippen LogP contribution is 2.17. The van der Waals surface area contributed by atoms with Gasteiger partial charge in [-0.25, -0.2) is 0 Å². The number of piperidine rings is 1. The van der Waals surface area contributed by atoms with E-state index in [-0.39, 0.29) is 0 Å². The second-order valence-electron chi connectivity index (χ2n) is 5.24. The van der Waals surface area contributed by atoms with Crippen LogP contribution < -0.4 is 5.32 Å². The van der Waals surface area contributed by atoms with Gasteiger partial charge >= 0.3 is 0 Å². The third-order valence-electron chi connectivity index (χ3n) is 3.35. The quantitative estimate of drug-likeness (QED) is 0.852. The molecule has 0 radical (unpaired) electrons. The summed E-state index contributed by atoms with van der Waals surface area (Å²) in [6, 6.07) is 2.62. The Morgan fingerprint density at radius 2 is 2.06 bits per heavy atom. The average Bonchev–Trinajstić information content (AvgIpc) is 2.75. The van der Waals surface area contributed by atoms with E-state index in [4.69, 9.17) is 4.42 Å². The molecule has 1 aliphatic rings. The van der Waals surface area contributed by atoms with Gasteiger partial charge in [0, 0.05) is 18.2 Å². The minimum absolute atomic E-state index is 0.503. The van der Waals surface area contributed by atoms with Crippen molar-refractivity contribution in [3.63, 3.8) is 0 Å². The molecule has 1 aromatic heterocycles. The number of furan rings is 1. The fourth-order valence-corrected chi connectivity index (χ4v) is 2.32. The molecule has 1 N–H and O–H groups in total. The lowest BCUT2D eigenvalue weighted by atomic mass is 10.1.